The van der Waals surface area contributed by atoms with E-state index >= 15 is 0 Å². The van der Waals surface area contributed by atoms with Crippen LogP contribution in [0, 0.1) is 0 Å². The summed E-state index contributed by atoms with van der Waals surface area (Å²) in [6.07, 6.45) is -3.42. The molecule has 2 aromatic rings. The molecule has 0 aliphatic carbocycles. The average Bonchev–Trinajstić information content (AvgIpc) is 3.03. The highest BCUT2D eigenvalue weighted by atomic mass is 19.4. The fourth-order valence-corrected chi connectivity index (χ4v) is 3.32. The summed E-state index contributed by atoms with van der Waals surface area (Å²) in [5.41, 5.74) is 1.38. The summed E-state index contributed by atoms with van der Waals surface area (Å²) in [6, 6.07) is 8.30. The van der Waals surface area contributed by atoms with Gasteiger partial charge in [-0.3, -0.25) is 19.3 Å². The van der Waals surface area contributed by atoms with E-state index < -0.39 is 12.1 Å². The lowest BCUT2D eigenvalue weighted by molar-refractivity contribution is -0.192. The molecule has 3 heterocycles. The summed E-state index contributed by atoms with van der Waals surface area (Å²) in [5.74, 6) is -3.40. The summed E-state index contributed by atoms with van der Waals surface area (Å²) in [6.45, 7) is 3.71. The fourth-order valence-electron chi connectivity index (χ4n) is 3.32. The maximum absolute atomic E-state index is 12.4. The molecule has 13 heteroatoms. The van der Waals surface area contributed by atoms with E-state index in [0.717, 1.165) is 31.9 Å². The molecule has 33 heavy (non-hydrogen) atoms. The summed E-state index contributed by atoms with van der Waals surface area (Å²) in [7, 11) is 0. The first-order chi connectivity index (χ1) is 15.6. The van der Waals surface area contributed by atoms with E-state index in [9.17, 15) is 27.6 Å². The Labute approximate surface area is 185 Å². The second kappa shape index (κ2) is 9.81. The molecule has 0 atom stereocenters. The third-order valence-corrected chi connectivity index (χ3v) is 4.99. The second-order valence-corrected chi connectivity index (χ2v) is 7.12. The molecule has 0 saturated carbocycles. The van der Waals surface area contributed by atoms with Gasteiger partial charge in [-0.15, -0.1) is 0 Å². The Balaban J connectivity index is 0.000000383. The largest absolute Gasteiger partial charge is 0.490 e. The number of carbonyl (C=O) groups is 3. The molecule has 2 amide bonds. The smallest absolute Gasteiger partial charge is 0.475 e. The lowest BCUT2D eigenvalue weighted by atomic mass is 10.1. The monoisotopic (exact) mass is 467 g/mol. The molecule has 10 nitrogen and oxygen atoms in total. The van der Waals surface area contributed by atoms with Gasteiger partial charge >= 0.3 is 12.1 Å². The van der Waals surface area contributed by atoms with Crippen molar-refractivity contribution in [2.75, 3.05) is 37.6 Å². The van der Waals surface area contributed by atoms with Gasteiger partial charge in [0.15, 0.2) is 0 Å². The lowest BCUT2D eigenvalue weighted by Crippen LogP contribution is -2.44. The topological polar surface area (TPSA) is 125 Å². The van der Waals surface area contributed by atoms with E-state index in [1.807, 2.05) is 0 Å². The second-order valence-electron chi connectivity index (χ2n) is 7.12. The number of halogens is 3. The molecular weight excluding hydrogens is 447 g/mol. The zero-order valence-corrected chi connectivity index (χ0v) is 17.2. The van der Waals surface area contributed by atoms with Crippen LogP contribution in [-0.4, -0.2) is 76.5 Å². The summed E-state index contributed by atoms with van der Waals surface area (Å²) < 4.78 is 33.0. The SMILES string of the molecule is O=C(O)C(F)(F)F.O=C1c2ccccc2C(=O)N1CCn1ncc(N2CCNCC2)cc1=O. The first-order valence-corrected chi connectivity index (χ1v) is 9.88. The molecule has 2 aliphatic rings. The Morgan fingerprint density at radius 1 is 1.03 bits per heavy atom. The number of imide groups is 1. The van der Waals surface area contributed by atoms with E-state index in [0.29, 0.717) is 11.1 Å². The normalized spacial score (nSPS) is 15.7. The Hall–Kier alpha value is -3.74. The van der Waals surface area contributed by atoms with Crippen LogP contribution in [0.15, 0.2) is 41.3 Å². The predicted molar refractivity (Wildman–Crippen MR) is 109 cm³/mol. The molecule has 2 aliphatic heterocycles. The van der Waals surface area contributed by atoms with E-state index in [4.69, 9.17) is 9.90 Å². The minimum Gasteiger partial charge on any atom is -0.475 e. The van der Waals surface area contributed by atoms with Crippen molar-refractivity contribution >= 4 is 23.5 Å². The maximum Gasteiger partial charge on any atom is 0.490 e. The quantitative estimate of drug-likeness (QED) is 0.626. The minimum atomic E-state index is -5.08. The van der Waals surface area contributed by atoms with Gasteiger partial charge in [0, 0.05) is 38.8 Å². The standard InChI is InChI=1S/C18H19N5O3.C2HF3O2/c24-16-11-13(21-7-5-19-6-8-21)12-20-23(16)10-9-22-17(25)14-3-1-2-4-15(14)18(22)26;3-2(4,5)1(6)7/h1-4,11-12,19H,5-10H2;(H,6,7). The number of hydrogen-bond donors (Lipinski definition) is 2. The number of alkyl halides is 3. The third-order valence-electron chi connectivity index (χ3n) is 4.99. The van der Waals surface area contributed by atoms with Crippen molar-refractivity contribution in [3.8, 4) is 0 Å². The number of hydrogen-bond acceptors (Lipinski definition) is 7. The molecule has 1 aromatic carbocycles. The molecule has 1 saturated heterocycles. The Morgan fingerprint density at radius 3 is 2.06 bits per heavy atom. The van der Waals surface area contributed by atoms with Crippen LogP contribution in [0.3, 0.4) is 0 Å². The van der Waals surface area contributed by atoms with Gasteiger partial charge in [-0.1, -0.05) is 12.1 Å². The zero-order valence-electron chi connectivity index (χ0n) is 17.2. The van der Waals surface area contributed by atoms with Gasteiger partial charge in [0.1, 0.15) is 0 Å². The van der Waals surface area contributed by atoms with Gasteiger partial charge in [0.05, 0.1) is 29.6 Å². The molecule has 1 aromatic heterocycles. The van der Waals surface area contributed by atoms with Gasteiger partial charge in [-0.25, -0.2) is 9.48 Å². The molecule has 0 spiro atoms. The minimum absolute atomic E-state index is 0.117. The summed E-state index contributed by atoms with van der Waals surface area (Å²) in [4.78, 5) is 49.2. The van der Waals surface area contributed by atoms with Gasteiger partial charge in [0.2, 0.25) is 0 Å². The Bertz CT molecular complexity index is 1080. The first-order valence-electron chi connectivity index (χ1n) is 9.88. The molecule has 0 radical (unpaired) electrons. The number of nitrogens with one attached hydrogen (secondary N) is 1. The predicted octanol–water partition coefficient (Wildman–Crippen LogP) is 0.582. The number of anilines is 1. The van der Waals surface area contributed by atoms with Crippen molar-refractivity contribution in [3.05, 3.63) is 58.0 Å². The molecule has 0 bridgehead atoms. The number of aromatic nitrogens is 2. The van der Waals surface area contributed by atoms with Crippen LogP contribution in [0.4, 0.5) is 18.9 Å². The number of amides is 2. The average molecular weight is 467 g/mol. The van der Waals surface area contributed by atoms with Crippen LogP contribution >= 0.6 is 0 Å². The molecule has 2 N–H and O–H groups in total. The van der Waals surface area contributed by atoms with Crippen LogP contribution in [0.2, 0.25) is 0 Å². The van der Waals surface area contributed by atoms with Crippen molar-refractivity contribution in [2.24, 2.45) is 0 Å². The number of fused-ring (bicyclic) bond motifs is 1. The number of nitrogens with zero attached hydrogens (tertiary/aromatic N) is 4. The highest BCUT2D eigenvalue weighted by Gasteiger charge is 2.38. The molecule has 0 unspecified atom stereocenters. The van der Waals surface area contributed by atoms with Gasteiger partial charge in [-0.2, -0.15) is 18.3 Å². The van der Waals surface area contributed by atoms with E-state index in [2.05, 4.69) is 15.3 Å². The third kappa shape index (κ3) is 5.55. The Morgan fingerprint density at radius 2 is 1.58 bits per heavy atom. The number of aliphatic carboxylic acids is 1. The fraction of sp³-hybridized carbons (Fsp3) is 0.350. The number of carboxylic acid groups (broad SMARTS) is 1. The van der Waals surface area contributed by atoms with Crippen molar-refractivity contribution in [2.45, 2.75) is 12.7 Å². The summed E-state index contributed by atoms with van der Waals surface area (Å²) >= 11 is 0. The van der Waals surface area contributed by atoms with Crippen LogP contribution in [0.1, 0.15) is 20.7 Å². The van der Waals surface area contributed by atoms with E-state index in [1.165, 1.54) is 9.58 Å². The Kier molecular flexibility index (Phi) is 7.11. The highest BCUT2D eigenvalue weighted by Crippen LogP contribution is 2.22. The van der Waals surface area contributed by atoms with Crippen LogP contribution < -0.4 is 15.8 Å². The van der Waals surface area contributed by atoms with Crippen LogP contribution in [0.5, 0.6) is 0 Å². The van der Waals surface area contributed by atoms with Crippen LogP contribution in [0.25, 0.3) is 0 Å². The molecule has 4 rings (SSSR count). The summed E-state index contributed by atoms with van der Waals surface area (Å²) in [5, 5.41) is 14.6. The lowest BCUT2D eigenvalue weighted by Gasteiger charge is -2.29. The van der Waals surface area contributed by atoms with Crippen molar-refractivity contribution in [1.82, 2.24) is 20.0 Å². The molecule has 1 fully saturated rings. The highest BCUT2D eigenvalue weighted by molar-refractivity contribution is 6.21. The van der Waals surface area contributed by atoms with Crippen molar-refractivity contribution < 1.29 is 32.7 Å². The molecule has 176 valence electrons. The van der Waals surface area contributed by atoms with Crippen molar-refractivity contribution in [3.63, 3.8) is 0 Å². The maximum atomic E-state index is 12.4. The zero-order chi connectivity index (χ0) is 24.2. The van der Waals surface area contributed by atoms with Gasteiger partial charge in [0.25, 0.3) is 17.4 Å². The van der Waals surface area contributed by atoms with Gasteiger partial charge < -0.3 is 15.3 Å². The van der Waals surface area contributed by atoms with Gasteiger partial charge in [-0.05, 0) is 12.1 Å². The van der Waals surface area contributed by atoms with Crippen LogP contribution in [-0.2, 0) is 11.3 Å². The van der Waals surface area contributed by atoms with E-state index in [1.54, 1.807) is 36.5 Å². The number of carbonyl (C=O) groups excluding carboxylic acids is 2. The number of benzene rings is 1. The van der Waals surface area contributed by atoms with Crippen molar-refractivity contribution in [1.29, 1.82) is 0 Å². The number of piperazine rings is 1. The molecular formula is C20H20F3N5O5. The van der Waals surface area contributed by atoms with E-state index in [-0.39, 0.29) is 30.5 Å². The number of rotatable bonds is 4. The first kappa shape index (κ1) is 23.9. The number of carboxylic acids is 1.